The first-order valence-electron chi connectivity index (χ1n) is 12.5. The fourth-order valence-corrected chi connectivity index (χ4v) is 4.30. The second kappa shape index (κ2) is 14.1. The number of hydrogen-bond acceptors (Lipinski definition) is 1. The Kier molecular flexibility index (Phi) is 12.7. The van der Waals surface area contributed by atoms with Crippen molar-refractivity contribution in [2.75, 3.05) is 0 Å². The lowest BCUT2D eigenvalue weighted by Crippen LogP contribution is -2.19. The largest absolute Gasteiger partial charge is 0.490 e. The van der Waals surface area contributed by atoms with E-state index in [1.54, 1.807) is 0 Å². The van der Waals surface area contributed by atoms with Crippen LogP contribution in [0.3, 0.4) is 0 Å². The number of aryl methyl sites for hydroxylation is 2. The third kappa shape index (κ3) is 10.6. The van der Waals surface area contributed by atoms with Gasteiger partial charge in [0.05, 0.1) is 6.10 Å². The van der Waals surface area contributed by atoms with E-state index in [1.165, 1.54) is 68.1 Å². The van der Waals surface area contributed by atoms with E-state index in [0.717, 1.165) is 36.3 Å². The minimum atomic E-state index is 0.382. The average Bonchev–Trinajstić information content (AvgIpc) is 2.65. The van der Waals surface area contributed by atoms with Crippen LogP contribution in [0.4, 0.5) is 0 Å². The third-order valence-corrected chi connectivity index (χ3v) is 6.55. The maximum atomic E-state index is 5.84. The summed E-state index contributed by atoms with van der Waals surface area (Å²) in [6.45, 7) is 18.2. The lowest BCUT2D eigenvalue weighted by Gasteiger charge is -2.25. The third-order valence-electron chi connectivity index (χ3n) is 6.55. The van der Waals surface area contributed by atoms with Crippen molar-refractivity contribution < 1.29 is 4.74 Å². The summed E-state index contributed by atoms with van der Waals surface area (Å²) < 4.78 is 5.84. The molecule has 1 heteroatoms. The maximum absolute atomic E-state index is 5.84. The van der Waals surface area contributed by atoms with Crippen molar-refractivity contribution >= 4 is 0 Å². The van der Waals surface area contributed by atoms with E-state index in [4.69, 9.17) is 4.74 Å². The van der Waals surface area contributed by atoms with Crippen LogP contribution < -0.4 is 4.74 Å². The van der Waals surface area contributed by atoms with Crippen molar-refractivity contribution in [3.8, 4) is 5.75 Å². The molecule has 3 atom stereocenters. The molecule has 0 amide bonds. The first-order valence-corrected chi connectivity index (χ1v) is 12.5. The molecule has 2 rings (SSSR count). The predicted octanol–water partition coefficient (Wildman–Crippen LogP) is 9.07. The van der Waals surface area contributed by atoms with Gasteiger partial charge in [0, 0.05) is 0 Å². The van der Waals surface area contributed by atoms with Gasteiger partial charge in [-0.1, -0.05) is 98.1 Å². The Morgan fingerprint density at radius 2 is 1.48 bits per heavy atom. The SMILES string of the molecule is CCCC(C)CCCC(C)CCCC(C)C.Cc1ccc2c(c1C)OC(C)CC2. The van der Waals surface area contributed by atoms with Crippen LogP contribution in [-0.2, 0) is 6.42 Å². The van der Waals surface area contributed by atoms with Crippen LogP contribution in [0.15, 0.2) is 12.1 Å². The maximum Gasteiger partial charge on any atom is 0.126 e. The Hall–Kier alpha value is -0.980. The molecular formula is C28H50O. The Balaban J connectivity index is 0.000000294. The Labute approximate surface area is 183 Å². The molecule has 3 unspecified atom stereocenters. The molecular weight excluding hydrogens is 352 g/mol. The van der Waals surface area contributed by atoms with Gasteiger partial charge in [-0.2, -0.15) is 0 Å². The molecule has 0 radical (unpaired) electrons. The number of rotatable bonds is 10. The van der Waals surface area contributed by atoms with Crippen molar-refractivity contribution in [3.63, 3.8) is 0 Å². The number of benzene rings is 1. The van der Waals surface area contributed by atoms with Gasteiger partial charge in [0.1, 0.15) is 5.75 Å². The van der Waals surface area contributed by atoms with Gasteiger partial charge in [0.15, 0.2) is 0 Å². The number of fused-ring (bicyclic) bond motifs is 1. The molecule has 168 valence electrons. The van der Waals surface area contributed by atoms with E-state index < -0.39 is 0 Å². The van der Waals surface area contributed by atoms with Crippen molar-refractivity contribution in [1.82, 2.24) is 0 Å². The first kappa shape index (κ1) is 26.1. The lowest BCUT2D eigenvalue weighted by atomic mass is 9.92. The van der Waals surface area contributed by atoms with E-state index in [2.05, 4.69) is 67.5 Å². The zero-order chi connectivity index (χ0) is 21.8. The van der Waals surface area contributed by atoms with Crippen LogP contribution in [0.1, 0.15) is 116 Å². The summed E-state index contributed by atoms with van der Waals surface area (Å²) in [5, 5.41) is 0. The smallest absolute Gasteiger partial charge is 0.126 e. The van der Waals surface area contributed by atoms with Crippen LogP contribution in [0, 0.1) is 31.6 Å². The summed E-state index contributed by atoms with van der Waals surface area (Å²) >= 11 is 0. The fourth-order valence-electron chi connectivity index (χ4n) is 4.30. The lowest BCUT2D eigenvalue weighted by molar-refractivity contribution is 0.191. The topological polar surface area (TPSA) is 9.23 Å². The van der Waals surface area contributed by atoms with Crippen LogP contribution in [0.5, 0.6) is 5.75 Å². The standard InChI is InChI=1S/C16H34.C12H16O/c1-6-9-15(4)12-8-13-16(5)11-7-10-14(2)3;1-8-4-6-11-7-5-9(2)13-12(11)10(8)3/h14-16H,6-13H2,1-5H3;4,6,9H,5,7H2,1-3H3. The van der Waals surface area contributed by atoms with Crippen LogP contribution in [0.2, 0.25) is 0 Å². The quantitative estimate of drug-likeness (QED) is 0.379. The van der Waals surface area contributed by atoms with Gasteiger partial charge in [-0.3, -0.25) is 0 Å². The molecule has 1 aromatic carbocycles. The molecule has 0 bridgehead atoms. The highest BCUT2D eigenvalue weighted by atomic mass is 16.5. The normalized spacial score (nSPS) is 17.8. The van der Waals surface area contributed by atoms with Crippen molar-refractivity contribution in [2.24, 2.45) is 17.8 Å². The number of hydrogen-bond donors (Lipinski definition) is 0. The van der Waals surface area contributed by atoms with Gasteiger partial charge < -0.3 is 4.74 Å². The van der Waals surface area contributed by atoms with Gasteiger partial charge in [-0.25, -0.2) is 0 Å². The summed E-state index contributed by atoms with van der Waals surface area (Å²) in [7, 11) is 0. The van der Waals surface area contributed by atoms with Gasteiger partial charge in [0.25, 0.3) is 0 Å². The fraction of sp³-hybridized carbons (Fsp3) is 0.786. The first-order chi connectivity index (χ1) is 13.7. The van der Waals surface area contributed by atoms with E-state index in [-0.39, 0.29) is 0 Å². The van der Waals surface area contributed by atoms with Gasteiger partial charge >= 0.3 is 0 Å². The minimum Gasteiger partial charge on any atom is -0.490 e. The molecule has 1 nitrogen and oxygen atoms in total. The second-order valence-electron chi connectivity index (χ2n) is 10.2. The van der Waals surface area contributed by atoms with Crippen LogP contribution >= 0.6 is 0 Å². The van der Waals surface area contributed by atoms with Crippen molar-refractivity contribution in [1.29, 1.82) is 0 Å². The molecule has 1 aliphatic heterocycles. The molecule has 0 aliphatic carbocycles. The van der Waals surface area contributed by atoms with E-state index in [9.17, 15) is 0 Å². The zero-order valence-electron chi connectivity index (χ0n) is 20.9. The highest BCUT2D eigenvalue weighted by molar-refractivity contribution is 5.46. The van der Waals surface area contributed by atoms with Gasteiger partial charge in [-0.15, -0.1) is 0 Å². The molecule has 1 aliphatic rings. The molecule has 29 heavy (non-hydrogen) atoms. The Morgan fingerprint density at radius 1 is 0.897 bits per heavy atom. The van der Waals surface area contributed by atoms with Crippen LogP contribution in [-0.4, -0.2) is 6.10 Å². The van der Waals surface area contributed by atoms with E-state index in [1.807, 2.05) is 0 Å². The summed E-state index contributed by atoms with van der Waals surface area (Å²) in [6.07, 6.45) is 14.1. The van der Waals surface area contributed by atoms with Gasteiger partial charge in [0.2, 0.25) is 0 Å². The molecule has 0 saturated carbocycles. The van der Waals surface area contributed by atoms with Crippen molar-refractivity contribution in [3.05, 3.63) is 28.8 Å². The van der Waals surface area contributed by atoms with E-state index >= 15 is 0 Å². The summed E-state index contributed by atoms with van der Waals surface area (Å²) in [5.41, 5.74) is 4.01. The Bertz CT molecular complexity index is 560. The highest BCUT2D eigenvalue weighted by Gasteiger charge is 2.18. The van der Waals surface area contributed by atoms with Crippen LogP contribution in [0.25, 0.3) is 0 Å². The molecule has 1 heterocycles. The molecule has 0 spiro atoms. The molecule has 0 saturated heterocycles. The summed E-state index contributed by atoms with van der Waals surface area (Å²) in [6, 6.07) is 4.39. The van der Waals surface area contributed by atoms with E-state index in [0.29, 0.717) is 6.10 Å². The minimum absolute atomic E-state index is 0.382. The second-order valence-corrected chi connectivity index (χ2v) is 10.2. The predicted molar refractivity (Wildman–Crippen MR) is 130 cm³/mol. The molecule has 0 fully saturated rings. The molecule has 1 aromatic rings. The summed E-state index contributed by atoms with van der Waals surface area (Å²) in [5.74, 6) is 3.93. The monoisotopic (exact) mass is 402 g/mol. The average molecular weight is 403 g/mol. The summed E-state index contributed by atoms with van der Waals surface area (Å²) in [4.78, 5) is 0. The molecule has 0 N–H and O–H groups in total. The highest BCUT2D eigenvalue weighted by Crippen LogP contribution is 2.32. The zero-order valence-corrected chi connectivity index (χ0v) is 20.9. The van der Waals surface area contributed by atoms with Crippen molar-refractivity contribution in [2.45, 2.75) is 126 Å². The Morgan fingerprint density at radius 3 is 2.07 bits per heavy atom. The molecule has 0 aromatic heterocycles. The van der Waals surface area contributed by atoms with Gasteiger partial charge in [-0.05, 0) is 68.1 Å². The number of ether oxygens (including phenoxy) is 1.